The van der Waals surface area contributed by atoms with E-state index in [2.05, 4.69) is 0 Å². The highest BCUT2D eigenvalue weighted by Gasteiger charge is 2.21. The maximum absolute atomic E-state index is 13.0. The number of halogens is 1. The highest BCUT2D eigenvalue weighted by molar-refractivity contribution is 5.94. The highest BCUT2D eigenvalue weighted by Crippen LogP contribution is 2.18. The van der Waals surface area contributed by atoms with E-state index in [4.69, 9.17) is 5.26 Å². The molecule has 2 aromatic carbocycles. The van der Waals surface area contributed by atoms with Crippen molar-refractivity contribution >= 4 is 5.91 Å². The fraction of sp³-hybridized carbons (Fsp3) is 0.300. The third-order valence-electron chi connectivity index (χ3n) is 3.76. The Labute approximate surface area is 147 Å². The van der Waals surface area contributed by atoms with E-state index in [9.17, 15) is 14.3 Å². The van der Waals surface area contributed by atoms with Gasteiger partial charge in [0.15, 0.2) is 0 Å². The Balaban J connectivity index is 2.21. The Bertz CT molecular complexity index is 766. The molecule has 0 radical (unpaired) electrons. The maximum atomic E-state index is 13.0. The zero-order valence-electron chi connectivity index (χ0n) is 14.3. The molecular weight excluding hydrogens is 319 g/mol. The van der Waals surface area contributed by atoms with Gasteiger partial charge in [-0.2, -0.15) is 5.26 Å². The van der Waals surface area contributed by atoms with Crippen LogP contribution in [0.5, 0.6) is 0 Å². The topological polar surface area (TPSA) is 64.3 Å². The minimum Gasteiger partial charge on any atom is -0.387 e. The lowest BCUT2D eigenvalue weighted by Gasteiger charge is -2.27. The summed E-state index contributed by atoms with van der Waals surface area (Å²) in [5.41, 5.74) is 1.37. The fourth-order valence-electron chi connectivity index (χ4n) is 2.58. The molecule has 4 nitrogen and oxygen atoms in total. The molecule has 0 aliphatic heterocycles. The maximum Gasteiger partial charge on any atom is 0.254 e. The Morgan fingerprint density at radius 3 is 2.48 bits per heavy atom. The van der Waals surface area contributed by atoms with Crippen molar-refractivity contribution in [3.63, 3.8) is 0 Å². The van der Waals surface area contributed by atoms with Crippen LogP contribution in [0.15, 0.2) is 48.5 Å². The first kappa shape index (κ1) is 18.6. The lowest BCUT2D eigenvalue weighted by molar-refractivity contribution is 0.0594. The third-order valence-corrected chi connectivity index (χ3v) is 3.76. The number of aliphatic hydroxyl groups is 1. The van der Waals surface area contributed by atoms with Gasteiger partial charge in [-0.3, -0.25) is 4.79 Å². The Morgan fingerprint density at radius 1 is 1.20 bits per heavy atom. The second-order valence-electron chi connectivity index (χ2n) is 6.36. The van der Waals surface area contributed by atoms with Gasteiger partial charge in [-0.25, -0.2) is 4.39 Å². The minimum atomic E-state index is -0.914. The molecule has 1 N–H and O–H groups in total. The molecule has 0 aliphatic carbocycles. The van der Waals surface area contributed by atoms with Crippen molar-refractivity contribution in [3.8, 4) is 6.07 Å². The van der Waals surface area contributed by atoms with Crippen molar-refractivity contribution in [2.24, 2.45) is 5.92 Å². The third kappa shape index (κ3) is 5.13. The summed E-state index contributed by atoms with van der Waals surface area (Å²) in [5.74, 6) is -0.408. The molecular formula is C20H21FN2O2. The number of nitrogens with zero attached hydrogens (tertiary/aromatic N) is 2. The number of rotatable bonds is 6. The van der Waals surface area contributed by atoms with Crippen molar-refractivity contribution in [2.45, 2.75) is 20.0 Å². The number of benzene rings is 2. The standard InChI is InChI=1S/C20H21FN2O2/c1-14(2)12-23(13-19(24)16-6-8-18(21)9-7-16)20(25)17-5-3-4-15(10-17)11-22/h3-10,14,19,24H,12-13H2,1-2H3. The molecule has 130 valence electrons. The van der Waals surface area contributed by atoms with Gasteiger partial charge in [0.1, 0.15) is 5.82 Å². The van der Waals surface area contributed by atoms with Gasteiger partial charge in [0.2, 0.25) is 0 Å². The summed E-state index contributed by atoms with van der Waals surface area (Å²) in [6.45, 7) is 4.53. The quantitative estimate of drug-likeness (QED) is 0.875. The van der Waals surface area contributed by atoms with Gasteiger partial charge in [0.25, 0.3) is 5.91 Å². The van der Waals surface area contributed by atoms with E-state index in [0.29, 0.717) is 23.2 Å². The smallest absolute Gasteiger partial charge is 0.254 e. The first-order valence-electron chi connectivity index (χ1n) is 8.13. The molecule has 2 aromatic rings. The van der Waals surface area contributed by atoms with Crippen LogP contribution in [-0.2, 0) is 0 Å². The van der Waals surface area contributed by atoms with Crippen LogP contribution in [0.3, 0.4) is 0 Å². The molecule has 0 saturated carbocycles. The number of hydrogen-bond donors (Lipinski definition) is 1. The van der Waals surface area contributed by atoms with Gasteiger partial charge >= 0.3 is 0 Å². The van der Waals surface area contributed by atoms with Gasteiger partial charge in [0, 0.05) is 12.1 Å². The summed E-state index contributed by atoms with van der Waals surface area (Å²) in [5, 5.41) is 19.4. The van der Waals surface area contributed by atoms with Gasteiger partial charge < -0.3 is 10.0 Å². The predicted molar refractivity (Wildman–Crippen MR) is 93.3 cm³/mol. The summed E-state index contributed by atoms with van der Waals surface area (Å²) in [6, 6.07) is 14.1. The van der Waals surface area contributed by atoms with Crippen LogP contribution in [0.4, 0.5) is 4.39 Å². The number of carbonyl (C=O) groups excluding carboxylic acids is 1. The average molecular weight is 340 g/mol. The molecule has 1 unspecified atom stereocenters. The summed E-state index contributed by atoms with van der Waals surface area (Å²) in [4.78, 5) is 14.4. The average Bonchev–Trinajstić information content (AvgIpc) is 2.60. The van der Waals surface area contributed by atoms with Gasteiger partial charge in [-0.1, -0.05) is 32.0 Å². The molecule has 2 rings (SSSR count). The second-order valence-corrected chi connectivity index (χ2v) is 6.36. The molecule has 5 heteroatoms. The highest BCUT2D eigenvalue weighted by atomic mass is 19.1. The van der Waals surface area contributed by atoms with Crippen LogP contribution < -0.4 is 0 Å². The molecule has 1 atom stereocenters. The molecule has 0 spiro atoms. The molecule has 1 amide bonds. The summed E-state index contributed by atoms with van der Waals surface area (Å²) in [7, 11) is 0. The number of amides is 1. The summed E-state index contributed by atoms with van der Waals surface area (Å²) >= 11 is 0. The fourth-order valence-corrected chi connectivity index (χ4v) is 2.58. The minimum absolute atomic E-state index is 0.0967. The van der Waals surface area contributed by atoms with Crippen molar-refractivity contribution in [1.82, 2.24) is 4.90 Å². The van der Waals surface area contributed by atoms with E-state index in [1.165, 1.54) is 24.3 Å². The first-order chi connectivity index (χ1) is 11.9. The van der Waals surface area contributed by atoms with Crippen LogP contribution in [-0.4, -0.2) is 29.0 Å². The van der Waals surface area contributed by atoms with Crippen LogP contribution in [0, 0.1) is 23.1 Å². The SMILES string of the molecule is CC(C)CN(CC(O)c1ccc(F)cc1)C(=O)c1cccc(C#N)c1. The lowest BCUT2D eigenvalue weighted by Crippen LogP contribution is -2.37. The molecule has 0 saturated heterocycles. The molecule has 0 fully saturated rings. The Kier molecular flexibility index (Phi) is 6.26. The zero-order chi connectivity index (χ0) is 18.4. The molecule has 0 aromatic heterocycles. The molecule has 25 heavy (non-hydrogen) atoms. The normalized spacial score (nSPS) is 11.8. The van der Waals surface area contributed by atoms with Gasteiger partial charge in [0.05, 0.1) is 24.3 Å². The van der Waals surface area contributed by atoms with Crippen LogP contribution >= 0.6 is 0 Å². The lowest BCUT2D eigenvalue weighted by atomic mass is 10.1. The van der Waals surface area contributed by atoms with E-state index in [0.717, 1.165) is 0 Å². The van der Waals surface area contributed by atoms with Gasteiger partial charge in [-0.15, -0.1) is 0 Å². The number of carbonyl (C=O) groups is 1. The monoisotopic (exact) mass is 340 g/mol. The Hall–Kier alpha value is -2.71. The largest absolute Gasteiger partial charge is 0.387 e. The van der Waals surface area contributed by atoms with E-state index >= 15 is 0 Å². The summed E-state index contributed by atoms with van der Waals surface area (Å²) < 4.78 is 13.0. The van der Waals surface area contributed by atoms with E-state index in [1.54, 1.807) is 29.2 Å². The number of aliphatic hydroxyl groups excluding tert-OH is 1. The van der Waals surface area contributed by atoms with Crippen molar-refractivity contribution in [2.75, 3.05) is 13.1 Å². The van der Waals surface area contributed by atoms with Crippen LogP contribution in [0.25, 0.3) is 0 Å². The van der Waals surface area contributed by atoms with Crippen molar-refractivity contribution in [1.29, 1.82) is 5.26 Å². The van der Waals surface area contributed by atoms with E-state index in [-0.39, 0.29) is 24.2 Å². The van der Waals surface area contributed by atoms with Crippen LogP contribution in [0.2, 0.25) is 0 Å². The first-order valence-corrected chi connectivity index (χ1v) is 8.13. The summed E-state index contributed by atoms with van der Waals surface area (Å²) in [6.07, 6.45) is -0.914. The second kappa shape index (κ2) is 8.41. The molecule has 0 aliphatic rings. The molecule has 0 bridgehead atoms. The van der Waals surface area contributed by atoms with Crippen molar-refractivity contribution in [3.05, 3.63) is 71.0 Å². The van der Waals surface area contributed by atoms with E-state index in [1.807, 2.05) is 19.9 Å². The zero-order valence-corrected chi connectivity index (χ0v) is 14.3. The van der Waals surface area contributed by atoms with Gasteiger partial charge in [-0.05, 0) is 41.8 Å². The Morgan fingerprint density at radius 2 is 1.88 bits per heavy atom. The number of nitriles is 1. The molecule has 0 heterocycles. The van der Waals surface area contributed by atoms with Crippen molar-refractivity contribution < 1.29 is 14.3 Å². The number of hydrogen-bond acceptors (Lipinski definition) is 3. The van der Waals surface area contributed by atoms with Crippen LogP contribution in [0.1, 0.15) is 41.4 Å². The van der Waals surface area contributed by atoms with E-state index < -0.39 is 6.10 Å². The predicted octanol–water partition coefficient (Wildman–Crippen LogP) is 3.53.